The van der Waals surface area contributed by atoms with E-state index in [4.69, 9.17) is 0 Å². The lowest BCUT2D eigenvalue weighted by Gasteiger charge is -2.27. The lowest BCUT2D eigenvalue weighted by atomic mass is 10.0. The Morgan fingerprint density at radius 2 is 1.87 bits per heavy atom. The van der Waals surface area contributed by atoms with Gasteiger partial charge in [0.1, 0.15) is 0 Å². The minimum absolute atomic E-state index is 0.108. The Kier molecular flexibility index (Phi) is 3.29. The molecule has 1 N–H and O–H groups in total. The van der Waals surface area contributed by atoms with Crippen LogP contribution in [-0.2, 0) is 4.79 Å². The van der Waals surface area contributed by atoms with Gasteiger partial charge in [0.05, 0.1) is 6.04 Å². The minimum Gasteiger partial charge on any atom is -0.341 e. The molecular formula is C12H22N2O. The van der Waals surface area contributed by atoms with Gasteiger partial charge in [-0.15, -0.1) is 0 Å². The van der Waals surface area contributed by atoms with E-state index in [0.29, 0.717) is 17.7 Å². The second-order valence-corrected chi connectivity index (χ2v) is 5.20. The first kappa shape index (κ1) is 10.9. The van der Waals surface area contributed by atoms with Crippen LogP contribution in [0.25, 0.3) is 0 Å². The molecule has 2 rings (SSSR count). The van der Waals surface area contributed by atoms with Crippen molar-refractivity contribution in [3.05, 3.63) is 0 Å². The molecular weight excluding hydrogens is 188 g/mol. The molecule has 0 bridgehead atoms. The third-order valence-corrected chi connectivity index (χ3v) is 3.91. The van der Waals surface area contributed by atoms with Crippen LogP contribution in [-0.4, -0.2) is 36.5 Å². The number of piperidine rings is 1. The molecule has 2 heterocycles. The van der Waals surface area contributed by atoms with Crippen molar-refractivity contribution in [3.8, 4) is 0 Å². The number of rotatable bonds is 1. The fourth-order valence-electron chi connectivity index (χ4n) is 2.59. The molecule has 1 amide bonds. The summed E-state index contributed by atoms with van der Waals surface area (Å²) in [6, 6.07) is 0.108. The van der Waals surface area contributed by atoms with E-state index in [0.717, 1.165) is 26.1 Å². The molecule has 2 aliphatic heterocycles. The average Bonchev–Trinajstić information content (AvgIpc) is 2.59. The molecule has 3 heteroatoms. The van der Waals surface area contributed by atoms with Gasteiger partial charge in [0.2, 0.25) is 5.91 Å². The molecule has 0 aromatic rings. The molecule has 0 saturated carbocycles. The molecule has 2 unspecified atom stereocenters. The predicted octanol–water partition coefficient (Wildman–Crippen LogP) is 1.24. The molecule has 2 saturated heterocycles. The third kappa shape index (κ3) is 2.33. The van der Waals surface area contributed by atoms with Crippen LogP contribution in [0, 0.1) is 11.8 Å². The summed E-state index contributed by atoms with van der Waals surface area (Å²) in [6.07, 6.45) is 3.44. The summed E-state index contributed by atoms with van der Waals surface area (Å²) in [5.74, 6) is 1.67. The number of nitrogens with one attached hydrogen (secondary N) is 1. The number of carbonyl (C=O) groups is 1. The van der Waals surface area contributed by atoms with Gasteiger partial charge in [-0.2, -0.15) is 0 Å². The lowest BCUT2D eigenvalue weighted by molar-refractivity contribution is -0.133. The van der Waals surface area contributed by atoms with Crippen LogP contribution >= 0.6 is 0 Å². The van der Waals surface area contributed by atoms with E-state index in [1.807, 2.05) is 0 Å². The summed E-state index contributed by atoms with van der Waals surface area (Å²) in [6.45, 7) is 7.41. The number of hydrogen-bond donors (Lipinski definition) is 1. The highest BCUT2D eigenvalue weighted by Gasteiger charge is 2.33. The first-order valence-electron chi connectivity index (χ1n) is 6.20. The lowest BCUT2D eigenvalue weighted by Crippen LogP contribution is -2.47. The Hall–Kier alpha value is -0.570. The molecule has 86 valence electrons. The van der Waals surface area contributed by atoms with E-state index in [-0.39, 0.29) is 6.04 Å². The van der Waals surface area contributed by atoms with E-state index in [1.54, 1.807) is 0 Å². The Balaban J connectivity index is 1.90. The van der Waals surface area contributed by atoms with E-state index < -0.39 is 0 Å². The van der Waals surface area contributed by atoms with Crippen molar-refractivity contribution in [2.24, 2.45) is 11.8 Å². The second-order valence-electron chi connectivity index (χ2n) is 5.20. The molecule has 0 aromatic carbocycles. The quantitative estimate of drug-likeness (QED) is 0.706. The molecule has 3 atom stereocenters. The van der Waals surface area contributed by atoms with Crippen LogP contribution in [0.4, 0.5) is 0 Å². The van der Waals surface area contributed by atoms with Crippen molar-refractivity contribution in [1.29, 1.82) is 0 Å². The minimum atomic E-state index is 0.108. The van der Waals surface area contributed by atoms with Crippen LogP contribution in [0.3, 0.4) is 0 Å². The van der Waals surface area contributed by atoms with Gasteiger partial charge in [0.25, 0.3) is 0 Å². The highest BCUT2D eigenvalue weighted by Crippen LogP contribution is 2.23. The molecule has 0 aliphatic carbocycles. The molecule has 0 radical (unpaired) electrons. The van der Waals surface area contributed by atoms with Crippen LogP contribution in [0.1, 0.15) is 33.1 Å². The van der Waals surface area contributed by atoms with Gasteiger partial charge in [-0.25, -0.2) is 0 Å². The zero-order valence-electron chi connectivity index (χ0n) is 9.83. The van der Waals surface area contributed by atoms with Crippen LogP contribution in [0.5, 0.6) is 0 Å². The standard InChI is InChI=1S/C12H22N2O/c1-9-7-14(8-10(9)2)12(15)11-5-3-4-6-13-11/h9-11,13H,3-8H2,1-2H3/t9?,10?,11-/m1/s1. The van der Waals surface area contributed by atoms with E-state index >= 15 is 0 Å². The maximum Gasteiger partial charge on any atom is 0.239 e. The van der Waals surface area contributed by atoms with Gasteiger partial charge in [-0.3, -0.25) is 4.79 Å². The number of carbonyl (C=O) groups excluding carboxylic acids is 1. The average molecular weight is 210 g/mol. The van der Waals surface area contributed by atoms with E-state index in [1.165, 1.54) is 12.8 Å². The largest absolute Gasteiger partial charge is 0.341 e. The highest BCUT2D eigenvalue weighted by molar-refractivity contribution is 5.82. The molecule has 0 aromatic heterocycles. The van der Waals surface area contributed by atoms with Crippen molar-refractivity contribution in [1.82, 2.24) is 10.2 Å². The SMILES string of the molecule is CC1CN(C(=O)[C@H]2CCCCN2)CC1C. The third-order valence-electron chi connectivity index (χ3n) is 3.91. The smallest absolute Gasteiger partial charge is 0.239 e. The van der Waals surface area contributed by atoms with Crippen molar-refractivity contribution in [3.63, 3.8) is 0 Å². The van der Waals surface area contributed by atoms with Gasteiger partial charge in [-0.1, -0.05) is 20.3 Å². The summed E-state index contributed by atoms with van der Waals surface area (Å²) in [5, 5.41) is 3.33. The normalized spacial score (nSPS) is 36.9. The van der Waals surface area contributed by atoms with Crippen LogP contribution in [0.15, 0.2) is 0 Å². The number of amides is 1. The topological polar surface area (TPSA) is 32.3 Å². The van der Waals surface area contributed by atoms with Crippen LogP contribution < -0.4 is 5.32 Å². The first-order valence-corrected chi connectivity index (χ1v) is 6.20. The maximum atomic E-state index is 12.2. The van der Waals surface area contributed by atoms with Crippen molar-refractivity contribution in [2.75, 3.05) is 19.6 Å². The Morgan fingerprint density at radius 3 is 2.40 bits per heavy atom. The molecule has 2 aliphatic rings. The fourth-order valence-corrected chi connectivity index (χ4v) is 2.59. The number of hydrogen-bond acceptors (Lipinski definition) is 2. The highest BCUT2D eigenvalue weighted by atomic mass is 16.2. The summed E-state index contributed by atoms with van der Waals surface area (Å²) >= 11 is 0. The van der Waals surface area contributed by atoms with Gasteiger partial charge >= 0.3 is 0 Å². The van der Waals surface area contributed by atoms with Gasteiger partial charge in [-0.05, 0) is 31.2 Å². The fraction of sp³-hybridized carbons (Fsp3) is 0.917. The predicted molar refractivity (Wildman–Crippen MR) is 60.5 cm³/mol. The van der Waals surface area contributed by atoms with Gasteiger partial charge < -0.3 is 10.2 Å². The zero-order valence-corrected chi connectivity index (χ0v) is 9.83. The Labute approximate surface area is 92.2 Å². The van der Waals surface area contributed by atoms with Crippen molar-refractivity contribution < 1.29 is 4.79 Å². The van der Waals surface area contributed by atoms with Crippen molar-refractivity contribution in [2.45, 2.75) is 39.2 Å². The summed E-state index contributed by atoms with van der Waals surface area (Å²) in [7, 11) is 0. The van der Waals surface area contributed by atoms with Gasteiger partial charge in [0.15, 0.2) is 0 Å². The van der Waals surface area contributed by atoms with Crippen LogP contribution in [0.2, 0.25) is 0 Å². The first-order chi connectivity index (χ1) is 7.18. The zero-order chi connectivity index (χ0) is 10.8. The monoisotopic (exact) mass is 210 g/mol. The van der Waals surface area contributed by atoms with Crippen molar-refractivity contribution >= 4 is 5.91 Å². The molecule has 2 fully saturated rings. The van der Waals surface area contributed by atoms with Gasteiger partial charge in [0, 0.05) is 13.1 Å². The second kappa shape index (κ2) is 4.52. The number of nitrogens with zero attached hydrogens (tertiary/aromatic N) is 1. The summed E-state index contributed by atoms with van der Waals surface area (Å²) in [4.78, 5) is 14.2. The summed E-state index contributed by atoms with van der Waals surface area (Å²) in [5.41, 5.74) is 0. The maximum absolute atomic E-state index is 12.2. The van der Waals surface area contributed by atoms with E-state index in [9.17, 15) is 4.79 Å². The van der Waals surface area contributed by atoms with E-state index in [2.05, 4.69) is 24.1 Å². The molecule has 15 heavy (non-hydrogen) atoms. The Bertz CT molecular complexity index is 226. The molecule has 0 spiro atoms. The Morgan fingerprint density at radius 1 is 1.20 bits per heavy atom. The molecule has 3 nitrogen and oxygen atoms in total. The number of likely N-dealkylation sites (tertiary alicyclic amines) is 1. The summed E-state index contributed by atoms with van der Waals surface area (Å²) < 4.78 is 0.